The van der Waals surface area contributed by atoms with Crippen molar-refractivity contribution < 1.29 is 4.79 Å². The van der Waals surface area contributed by atoms with Crippen molar-refractivity contribution >= 4 is 11.7 Å². The third-order valence-corrected chi connectivity index (χ3v) is 4.35. The van der Waals surface area contributed by atoms with E-state index >= 15 is 0 Å². The van der Waals surface area contributed by atoms with Crippen LogP contribution in [0, 0.1) is 13.8 Å². The standard InChI is InChI=1S/C21H25N5O/c1-15-10-16(2)26(24-15)14-18-6-5-7-19(11-18)21(27)23-13-17-8-9-22-20(12-17)25(3)4/h5-12H,13-14H2,1-4H3,(H,23,27). The van der Waals surface area contributed by atoms with Gasteiger partial charge >= 0.3 is 0 Å². The fourth-order valence-electron chi connectivity index (χ4n) is 2.92. The summed E-state index contributed by atoms with van der Waals surface area (Å²) in [5.74, 6) is 0.780. The summed E-state index contributed by atoms with van der Waals surface area (Å²) in [5.41, 5.74) is 4.82. The molecule has 3 aromatic rings. The second-order valence-electron chi connectivity index (χ2n) is 6.88. The minimum atomic E-state index is -0.0894. The first-order chi connectivity index (χ1) is 12.9. The number of carbonyl (C=O) groups excluding carboxylic acids is 1. The summed E-state index contributed by atoms with van der Waals surface area (Å²) in [7, 11) is 3.89. The molecule has 0 unspecified atom stereocenters. The van der Waals surface area contributed by atoms with Crippen LogP contribution in [-0.2, 0) is 13.1 Å². The number of benzene rings is 1. The predicted molar refractivity (Wildman–Crippen MR) is 107 cm³/mol. The van der Waals surface area contributed by atoms with Gasteiger partial charge in [-0.25, -0.2) is 4.98 Å². The van der Waals surface area contributed by atoms with E-state index in [-0.39, 0.29) is 5.91 Å². The highest BCUT2D eigenvalue weighted by Crippen LogP contribution is 2.12. The molecule has 0 saturated carbocycles. The van der Waals surface area contributed by atoms with Crippen LogP contribution in [0.5, 0.6) is 0 Å². The van der Waals surface area contributed by atoms with Crippen molar-refractivity contribution in [2.24, 2.45) is 0 Å². The van der Waals surface area contributed by atoms with Gasteiger partial charge in [0.05, 0.1) is 12.2 Å². The zero-order valence-corrected chi connectivity index (χ0v) is 16.2. The molecular formula is C21H25N5O. The van der Waals surface area contributed by atoms with Crippen molar-refractivity contribution in [1.82, 2.24) is 20.1 Å². The van der Waals surface area contributed by atoms with Crippen molar-refractivity contribution in [3.8, 4) is 0 Å². The smallest absolute Gasteiger partial charge is 0.251 e. The van der Waals surface area contributed by atoms with Gasteiger partial charge in [-0.2, -0.15) is 5.10 Å². The minimum Gasteiger partial charge on any atom is -0.363 e. The summed E-state index contributed by atoms with van der Waals surface area (Å²) < 4.78 is 1.95. The zero-order chi connectivity index (χ0) is 19.4. The summed E-state index contributed by atoms with van der Waals surface area (Å²) in [6.07, 6.45) is 1.76. The maximum absolute atomic E-state index is 12.6. The maximum Gasteiger partial charge on any atom is 0.251 e. The Morgan fingerprint density at radius 3 is 2.63 bits per heavy atom. The molecule has 0 saturated heterocycles. The number of amides is 1. The van der Waals surface area contributed by atoms with Gasteiger partial charge in [-0.15, -0.1) is 0 Å². The highest BCUT2D eigenvalue weighted by atomic mass is 16.1. The van der Waals surface area contributed by atoms with E-state index in [0.29, 0.717) is 18.7 Å². The predicted octanol–water partition coefficient (Wildman–Crippen LogP) is 2.94. The topological polar surface area (TPSA) is 63.1 Å². The van der Waals surface area contributed by atoms with E-state index in [1.54, 1.807) is 6.20 Å². The van der Waals surface area contributed by atoms with Gasteiger partial charge in [0.15, 0.2) is 0 Å². The second kappa shape index (κ2) is 8.03. The maximum atomic E-state index is 12.6. The lowest BCUT2D eigenvalue weighted by Gasteiger charge is -2.12. The van der Waals surface area contributed by atoms with Gasteiger partial charge in [0.25, 0.3) is 5.91 Å². The molecule has 0 radical (unpaired) electrons. The minimum absolute atomic E-state index is 0.0894. The number of aromatic nitrogens is 3. The van der Waals surface area contributed by atoms with Crippen LogP contribution in [0.1, 0.15) is 32.9 Å². The van der Waals surface area contributed by atoms with Gasteiger partial charge in [0, 0.05) is 38.1 Å². The summed E-state index contributed by atoms with van der Waals surface area (Å²) in [5, 5.41) is 7.46. The molecule has 0 spiro atoms. The first kappa shape index (κ1) is 18.6. The first-order valence-electron chi connectivity index (χ1n) is 8.93. The molecule has 6 heteroatoms. The van der Waals surface area contributed by atoms with Crippen LogP contribution >= 0.6 is 0 Å². The lowest BCUT2D eigenvalue weighted by atomic mass is 10.1. The molecule has 6 nitrogen and oxygen atoms in total. The molecule has 0 aliphatic heterocycles. The zero-order valence-electron chi connectivity index (χ0n) is 16.2. The Labute approximate surface area is 159 Å². The van der Waals surface area contributed by atoms with Crippen LogP contribution in [0.15, 0.2) is 48.7 Å². The van der Waals surface area contributed by atoms with E-state index in [1.807, 2.05) is 80.0 Å². The van der Waals surface area contributed by atoms with Gasteiger partial charge in [-0.05, 0) is 55.3 Å². The number of hydrogen-bond donors (Lipinski definition) is 1. The normalized spacial score (nSPS) is 10.7. The van der Waals surface area contributed by atoms with E-state index in [1.165, 1.54) is 0 Å². The van der Waals surface area contributed by atoms with E-state index < -0.39 is 0 Å². The molecule has 0 atom stereocenters. The van der Waals surface area contributed by atoms with Crippen molar-refractivity contribution in [3.63, 3.8) is 0 Å². The quantitative estimate of drug-likeness (QED) is 0.731. The van der Waals surface area contributed by atoms with Gasteiger partial charge in [-0.3, -0.25) is 9.48 Å². The number of nitrogens with zero attached hydrogens (tertiary/aromatic N) is 4. The third-order valence-electron chi connectivity index (χ3n) is 4.35. The van der Waals surface area contributed by atoms with E-state index in [0.717, 1.165) is 28.3 Å². The van der Waals surface area contributed by atoms with E-state index in [4.69, 9.17) is 0 Å². The molecule has 0 fully saturated rings. The SMILES string of the molecule is Cc1cc(C)n(Cc2cccc(C(=O)NCc3ccnc(N(C)C)c3)c2)n1. The summed E-state index contributed by atoms with van der Waals surface area (Å²) in [4.78, 5) is 18.8. The van der Waals surface area contributed by atoms with Crippen LogP contribution in [0.25, 0.3) is 0 Å². The highest BCUT2D eigenvalue weighted by molar-refractivity contribution is 5.94. The molecule has 1 amide bonds. The molecule has 3 rings (SSSR count). The number of aryl methyl sites for hydroxylation is 2. The van der Waals surface area contributed by atoms with Gasteiger partial charge < -0.3 is 10.2 Å². The fourth-order valence-corrected chi connectivity index (χ4v) is 2.92. The molecule has 1 aromatic carbocycles. The van der Waals surface area contributed by atoms with Crippen molar-refractivity contribution in [3.05, 3.63) is 76.7 Å². The lowest BCUT2D eigenvalue weighted by molar-refractivity contribution is 0.0951. The molecule has 0 bridgehead atoms. The largest absolute Gasteiger partial charge is 0.363 e. The molecule has 0 aliphatic rings. The summed E-state index contributed by atoms with van der Waals surface area (Å²) in [6.45, 7) is 5.13. The van der Waals surface area contributed by atoms with Crippen LogP contribution in [0.3, 0.4) is 0 Å². The average molecular weight is 363 g/mol. The number of hydrogen-bond acceptors (Lipinski definition) is 4. The molecule has 2 heterocycles. The van der Waals surface area contributed by atoms with Crippen molar-refractivity contribution in [1.29, 1.82) is 0 Å². The van der Waals surface area contributed by atoms with Crippen LogP contribution in [-0.4, -0.2) is 34.8 Å². The van der Waals surface area contributed by atoms with Crippen LogP contribution in [0.2, 0.25) is 0 Å². The van der Waals surface area contributed by atoms with E-state index in [2.05, 4.69) is 15.4 Å². The summed E-state index contributed by atoms with van der Waals surface area (Å²) in [6, 6.07) is 13.6. The van der Waals surface area contributed by atoms with Gasteiger partial charge in [0.2, 0.25) is 0 Å². The Morgan fingerprint density at radius 2 is 1.93 bits per heavy atom. The Balaban J connectivity index is 1.66. The number of rotatable bonds is 6. The first-order valence-corrected chi connectivity index (χ1v) is 8.93. The van der Waals surface area contributed by atoms with Crippen molar-refractivity contribution in [2.75, 3.05) is 19.0 Å². The summed E-state index contributed by atoms with van der Waals surface area (Å²) >= 11 is 0. The number of nitrogens with one attached hydrogen (secondary N) is 1. The average Bonchev–Trinajstić information content (AvgIpc) is 2.97. The van der Waals surface area contributed by atoms with Crippen LogP contribution in [0.4, 0.5) is 5.82 Å². The molecule has 140 valence electrons. The lowest BCUT2D eigenvalue weighted by Crippen LogP contribution is -2.23. The molecule has 1 N–H and O–H groups in total. The van der Waals surface area contributed by atoms with Crippen LogP contribution < -0.4 is 10.2 Å². The molecular weight excluding hydrogens is 338 g/mol. The molecule has 0 aliphatic carbocycles. The fraction of sp³-hybridized carbons (Fsp3) is 0.286. The Bertz CT molecular complexity index is 945. The number of carbonyl (C=O) groups is 1. The highest BCUT2D eigenvalue weighted by Gasteiger charge is 2.08. The molecule has 2 aromatic heterocycles. The number of anilines is 1. The van der Waals surface area contributed by atoms with Gasteiger partial charge in [-0.1, -0.05) is 12.1 Å². The number of pyridine rings is 1. The van der Waals surface area contributed by atoms with Crippen molar-refractivity contribution in [2.45, 2.75) is 26.9 Å². The molecule has 27 heavy (non-hydrogen) atoms. The Kier molecular flexibility index (Phi) is 5.54. The Morgan fingerprint density at radius 1 is 1.11 bits per heavy atom. The Hall–Kier alpha value is -3.15. The van der Waals surface area contributed by atoms with Gasteiger partial charge in [0.1, 0.15) is 5.82 Å². The van der Waals surface area contributed by atoms with E-state index in [9.17, 15) is 4.79 Å². The second-order valence-corrected chi connectivity index (χ2v) is 6.88. The monoisotopic (exact) mass is 363 g/mol. The third kappa shape index (κ3) is 4.73.